The first-order chi connectivity index (χ1) is 18.5. The predicted octanol–water partition coefficient (Wildman–Crippen LogP) is 3.84. The monoisotopic (exact) mass is 533 g/mol. The molecule has 1 saturated carbocycles. The van der Waals surface area contributed by atoms with Crippen LogP contribution in [0.3, 0.4) is 0 Å². The number of aromatic nitrogens is 5. The summed E-state index contributed by atoms with van der Waals surface area (Å²) < 4.78 is 9.05. The zero-order chi connectivity index (χ0) is 26.5. The Morgan fingerprint density at radius 3 is 2.68 bits per heavy atom. The normalized spacial score (nSPS) is 14.7. The average Bonchev–Trinajstić information content (AvgIpc) is 3.71. The summed E-state index contributed by atoms with van der Waals surface area (Å²) in [5, 5.41) is 16.6. The third-order valence-corrected chi connectivity index (χ3v) is 7.81. The van der Waals surface area contributed by atoms with Crippen LogP contribution in [0.15, 0.2) is 60.4 Å². The highest BCUT2D eigenvalue weighted by Crippen LogP contribution is 2.34. The number of ether oxygens (including phenoxy) is 1. The van der Waals surface area contributed by atoms with E-state index >= 15 is 0 Å². The van der Waals surface area contributed by atoms with Crippen molar-refractivity contribution in [2.45, 2.75) is 50.6 Å². The number of methoxy groups -OCH3 is 1. The third kappa shape index (κ3) is 5.47. The molecule has 1 aliphatic carbocycles. The molecular weight excluding hydrogens is 502 g/mol. The Bertz CT molecular complexity index is 1360. The molecule has 0 radical (unpaired) electrons. The van der Waals surface area contributed by atoms with Gasteiger partial charge >= 0.3 is 0 Å². The van der Waals surface area contributed by atoms with E-state index in [4.69, 9.17) is 4.74 Å². The van der Waals surface area contributed by atoms with Crippen LogP contribution < -0.4 is 15.0 Å². The van der Waals surface area contributed by atoms with E-state index in [1.807, 2.05) is 47.5 Å². The Morgan fingerprint density at radius 2 is 2.03 bits per heavy atom. The lowest BCUT2D eigenvalue weighted by molar-refractivity contribution is -0.127. The van der Waals surface area contributed by atoms with Crippen molar-refractivity contribution in [3.63, 3.8) is 0 Å². The van der Waals surface area contributed by atoms with E-state index in [1.54, 1.807) is 30.2 Å². The van der Waals surface area contributed by atoms with Crippen molar-refractivity contribution in [1.82, 2.24) is 30.1 Å². The van der Waals surface area contributed by atoms with Crippen LogP contribution in [0.4, 0.5) is 5.69 Å². The Kier molecular flexibility index (Phi) is 7.83. The second kappa shape index (κ2) is 11.6. The molecule has 0 spiro atoms. The van der Waals surface area contributed by atoms with Gasteiger partial charge in [0.15, 0.2) is 6.04 Å². The van der Waals surface area contributed by atoms with Crippen molar-refractivity contribution in [3.8, 4) is 11.4 Å². The quantitative estimate of drug-likeness (QED) is 0.350. The lowest BCUT2D eigenvalue weighted by atomic mass is 9.95. The van der Waals surface area contributed by atoms with Gasteiger partial charge in [-0.15, -0.1) is 16.4 Å². The molecule has 0 unspecified atom stereocenters. The minimum absolute atomic E-state index is 0.102. The molecular formula is C27H31N7O3S. The molecule has 1 N–H and O–H groups in total. The molecule has 1 atom stereocenters. The number of tetrazole rings is 1. The van der Waals surface area contributed by atoms with Gasteiger partial charge in [-0.05, 0) is 59.0 Å². The molecule has 0 bridgehead atoms. The maximum absolute atomic E-state index is 14.0. The number of hydrogen-bond acceptors (Lipinski definition) is 7. The van der Waals surface area contributed by atoms with Crippen molar-refractivity contribution in [2.75, 3.05) is 12.0 Å². The molecule has 2 amide bonds. The van der Waals surface area contributed by atoms with Crippen LogP contribution in [0.2, 0.25) is 0 Å². The highest BCUT2D eigenvalue weighted by molar-refractivity contribution is 7.10. The number of amides is 2. The van der Waals surface area contributed by atoms with Gasteiger partial charge in [0.25, 0.3) is 0 Å². The zero-order valence-corrected chi connectivity index (χ0v) is 22.3. The fraction of sp³-hybridized carbons (Fsp3) is 0.370. The molecule has 1 aliphatic rings. The molecule has 3 heterocycles. The van der Waals surface area contributed by atoms with Gasteiger partial charge in [-0.1, -0.05) is 25.3 Å². The van der Waals surface area contributed by atoms with Crippen LogP contribution in [-0.2, 0) is 23.1 Å². The van der Waals surface area contributed by atoms with E-state index in [9.17, 15) is 9.59 Å². The lowest BCUT2D eigenvalue weighted by Crippen LogP contribution is -2.48. The molecule has 198 valence electrons. The number of hydrogen-bond donors (Lipinski definition) is 1. The van der Waals surface area contributed by atoms with Gasteiger partial charge in [-0.2, -0.15) is 4.68 Å². The molecule has 0 saturated heterocycles. The average molecular weight is 534 g/mol. The summed E-state index contributed by atoms with van der Waals surface area (Å²) in [5.41, 5.74) is 1.89. The number of carbonyl (C=O) groups is 2. The fourth-order valence-electron chi connectivity index (χ4n) is 5.03. The highest BCUT2D eigenvalue weighted by atomic mass is 32.1. The van der Waals surface area contributed by atoms with Crippen molar-refractivity contribution < 1.29 is 14.3 Å². The number of nitrogens with one attached hydrogen (secondary N) is 1. The molecule has 10 nitrogen and oxygen atoms in total. The van der Waals surface area contributed by atoms with Crippen LogP contribution >= 0.6 is 11.3 Å². The van der Waals surface area contributed by atoms with Gasteiger partial charge in [0.2, 0.25) is 11.8 Å². The van der Waals surface area contributed by atoms with Crippen LogP contribution in [0.5, 0.6) is 5.75 Å². The van der Waals surface area contributed by atoms with Crippen molar-refractivity contribution >= 4 is 28.8 Å². The maximum Gasteiger partial charge on any atom is 0.249 e. The first-order valence-electron chi connectivity index (χ1n) is 12.7. The second-order valence-corrected chi connectivity index (χ2v) is 10.5. The van der Waals surface area contributed by atoms with Gasteiger partial charge in [-0.25, -0.2) is 0 Å². The fourth-order valence-corrected chi connectivity index (χ4v) is 5.73. The molecule has 5 rings (SSSR count). The molecule has 4 aromatic rings. The smallest absolute Gasteiger partial charge is 0.249 e. The number of aryl methyl sites for hydroxylation is 1. The van der Waals surface area contributed by atoms with Crippen LogP contribution in [0.25, 0.3) is 5.69 Å². The van der Waals surface area contributed by atoms with Gasteiger partial charge in [-0.3, -0.25) is 14.5 Å². The van der Waals surface area contributed by atoms with Gasteiger partial charge in [0.1, 0.15) is 17.8 Å². The number of nitrogens with zero attached hydrogens (tertiary/aromatic N) is 6. The van der Waals surface area contributed by atoms with E-state index in [0.717, 1.165) is 36.3 Å². The largest absolute Gasteiger partial charge is 0.494 e. The van der Waals surface area contributed by atoms with E-state index in [-0.39, 0.29) is 24.3 Å². The van der Waals surface area contributed by atoms with Crippen LogP contribution in [0, 0.1) is 0 Å². The Balaban J connectivity index is 1.58. The summed E-state index contributed by atoms with van der Waals surface area (Å²) >= 11 is 1.52. The highest BCUT2D eigenvalue weighted by Gasteiger charge is 2.36. The minimum atomic E-state index is -0.868. The molecule has 38 heavy (non-hydrogen) atoms. The summed E-state index contributed by atoms with van der Waals surface area (Å²) in [6.45, 7) is 0. The summed E-state index contributed by atoms with van der Waals surface area (Å²) in [4.78, 5) is 30.6. The SMILES string of the molecule is COc1cc(N(C(=O)Cc2cccs2)[C@@H](C(=O)NC2CCCCC2)c2cccn2C)ccc1-n1cnnn1. The van der Waals surface area contributed by atoms with Crippen molar-refractivity contribution in [3.05, 3.63) is 70.9 Å². The van der Waals surface area contributed by atoms with E-state index in [0.29, 0.717) is 17.1 Å². The molecule has 3 aromatic heterocycles. The number of thiophene rings is 1. The van der Waals surface area contributed by atoms with Crippen LogP contribution in [-0.4, -0.2) is 49.7 Å². The van der Waals surface area contributed by atoms with E-state index in [1.165, 1.54) is 28.8 Å². The van der Waals surface area contributed by atoms with Crippen molar-refractivity contribution in [2.24, 2.45) is 7.05 Å². The van der Waals surface area contributed by atoms with Gasteiger partial charge in [0.05, 0.1) is 19.2 Å². The summed E-state index contributed by atoms with van der Waals surface area (Å²) in [6.07, 6.45) is 8.81. The van der Waals surface area contributed by atoms with Gasteiger partial charge in [0, 0.05) is 35.9 Å². The Morgan fingerprint density at radius 1 is 1.18 bits per heavy atom. The first kappa shape index (κ1) is 25.7. The number of carbonyl (C=O) groups excluding carboxylic acids is 2. The Labute approximate surface area is 225 Å². The Hall–Kier alpha value is -3.99. The molecule has 1 aromatic carbocycles. The van der Waals surface area contributed by atoms with E-state index < -0.39 is 6.04 Å². The lowest BCUT2D eigenvalue weighted by Gasteiger charge is -2.34. The predicted molar refractivity (Wildman–Crippen MR) is 144 cm³/mol. The number of rotatable bonds is 9. The molecule has 0 aliphatic heterocycles. The number of benzene rings is 1. The molecule has 11 heteroatoms. The molecule has 1 fully saturated rings. The van der Waals surface area contributed by atoms with Gasteiger partial charge < -0.3 is 14.6 Å². The van der Waals surface area contributed by atoms with Crippen LogP contribution in [0.1, 0.15) is 48.7 Å². The first-order valence-corrected chi connectivity index (χ1v) is 13.6. The zero-order valence-electron chi connectivity index (χ0n) is 21.5. The standard InChI is InChI=1S/C27H31N7O3S/c1-32-14-6-11-23(32)26(27(36)29-19-8-4-3-5-9-19)34(25(35)17-21-10-7-15-38-21)20-12-13-22(24(16-20)37-2)33-18-28-30-31-33/h6-7,10-16,18-19,26H,3-5,8-9,17H2,1-2H3,(H,29,36)/t26-/m1/s1. The maximum atomic E-state index is 14.0. The summed E-state index contributed by atoms with van der Waals surface area (Å²) in [5.74, 6) is 0.0958. The minimum Gasteiger partial charge on any atom is -0.494 e. The topological polar surface area (TPSA) is 107 Å². The number of anilines is 1. The summed E-state index contributed by atoms with van der Waals surface area (Å²) in [7, 11) is 3.44. The second-order valence-electron chi connectivity index (χ2n) is 9.42. The van der Waals surface area contributed by atoms with Crippen molar-refractivity contribution in [1.29, 1.82) is 0 Å². The summed E-state index contributed by atoms with van der Waals surface area (Å²) in [6, 6.07) is 12.2. The third-order valence-electron chi connectivity index (χ3n) is 6.93. The van der Waals surface area contributed by atoms with E-state index in [2.05, 4.69) is 20.8 Å².